The standard InChI is InChI=1S/C15H27BrO2/c1-12(2)17-9-10-18-14-11-13(16)15(14)7-5-3-4-6-8-15/h12-14H,3-11H2,1-2H3. The molecular weight excluding hydrogens is 292 g/mol. The lowest BCUT2D eigenvalue weighted by Crippen LogP contribution is -2.55. The van der Waals surface area contributed by atoms with Gasteiger partial charge in [-0.15, -0.1) is 0 Å². The molecule has 3 heteroatoms. The fourth-order valence-electron chi connectivity index (χ4n) is 3.43. The summed E-state index contributed by atoms with van der Waals surface area (Å²) in [6, 6.07) is 0. The summed E-state index contributed by atoms with van der Waals surface area (Å²) in [5.74, 6) is 0. The van der Waals surface area contributed by atoms with Gasteiger partial charge in [-0.1, -0.05) is 41.6 Å². The van der Waals surface area contributed by atoms with Gasteiger partial charge in [0, 0.05) is 10.2 Å². The summed E-state index contributed by atoms with van der Waals surface area (Å²) >= 11 is 3.87. The summed E-state index contributed by atoms with van der Waals surface area (Å²) in [6.45, 7) is 5.64. The van der Waals surface area contributed by atoms with Gasteiger partial charge >= 0.3 is 0 Å². The van der Waals surface area contributed by atoms with Gasteiger partial charge in [0.1, 0.15) is 0 Å². The monoisotopic (exact) mass is 318 g/mol. The zero-order chi connectivity index (χ0) is 13.0. The van der Waals surface area contributed by atoms with Gasteiger partial charge in [0.25, 0.3) is 0 Å². The second-order valence-corrected chi connectivity index (χ2v) is 7.23. The van der Waals surface area contributed by atoms with Crippen LogP contribution in [0.1, 0.15) is 58.8 Å². The fraction of sp³-hybridized carbons (Fsp3) is 1.00. The summed E-state index contributed by atoms with van der Waals surface area (Å²) in [5.41, 5.74) is 0.439. The van der Waals surface area contributed by atoms with Crippen molar-refractivity contribution in [3.8, 4) is 0 Å². The van der Waals surface area contributed by atoms with E-state index in [-0.39, 0.29) is 0 Å². The van der Waals surface area contributed by atoms with E-state index in [2.05, 4.69) is 29.8 Å². The lowest BCUT2D eigenvalue weighted by molar-refractivity contribution is -0.124. The number of hydrogen-bond donors (Lipinski definition) is 0. The fourth-order valence-corrected chi connectivity index (χ4v) is 4.52. The van der Waals surface area contributed by atoms with Gasteiger partial charge in [-0.25, -0.2) is 0 Å². The summed E-state index contributed by atoms with van der Waals surface area (Å²) in [5, 5.41) is 0. The van der Waals surface area contributed by atoms with Gasteiger partial charge in [0.05, 0.1) is 25.4 Å². The highest BCUT2D eigenvalue weighted by Gasteiger charge is 2.53. The van der Waals surface area contributed by atoms with E-state index in [4.69, 9.17) is 9.47 Å². The minimum absolute atomic E-state index is 0.311. The lowest BCUT2D eigenvalue weighted by Gasteiger charge is -2.53. The number of ether oxygens (including phenoxy) is 2. The first-order valence-electron chi connectivity index (χ1n) is 7.52. The average Bonchev–Trinajstić information content (AvgIpc) is 2.60. The van der Waals surface area contributed by atoms with Crippen molar-refractivity contribution in [3.05, 3.63) is 0 Å². The third kappa shape index (κ3) is 3.29. The molecule has 2 aliphatic carbocycles. The number of alkyl halides is 1. The van der Waals surface area contributed by atoms with Crippen molar-refractivity contribution in [2.24, 2.45) is 5.41 Å². The Labute approximate surface area is 120 Å². The van der Waals surface area contributed by atoms with Crippen molar-refractivity contribution < 1.29 is 9.47 Å². The maximum atomic E-state index is 6.09. The minimum atomic E-state index is 0.311. The molecule has 2 fully saturated rings. The summed E-state index contributed by atoms with van der Waals surface area (Å²) < 4.78 is 11.6. The topological polar surface area (TPSA) is 18.5 Å². The molecular formula is C15H27BrO2. The van der Waals surface area contributed by atoms with Crippen LogP contribution in [-0.2, 0) is 9.47 Å². The van der Waals surface area contributed by atoms with Crippen LogP contribution in [0.2, 0.25) is 0 Å². The van der Waals surface area contributed by atoms with Crippen molar-refractivity contribution in [1.29, 1.82) is 0 Å². The summed E-state index contributed by atoms with van der Waals surface area (Å²) in [6.07, 6.45) is 10.2. The Hall–Kier alpha value is 0.400. The summed E-state index contributed by atoms with van der Waals surface area (Å²) in [7, 11) is 0. The maximum absolute atomic E-state index is 6.09. The predicted octanol–water partition coefficient (Wildman–Crippen LogP) is 4.30. The molecule has 106 valence electrons. The van der Waals surface area contributed by atoms with Crippen LogP contribution in [0.15, 0.2) is 0 Å². The third-order valence-electron chi connectivity index (χ3n) is 4.57. The number of halogens is 1. The van der Waals surface area contributed by atoms with E-state index >= 15 is 0 Å². The highest BCUT2D eigenvalue weighted by Crippen LogP contribution is 2.55. The SMILES string of the molecule is CC(C)OCCOC1CC(Br)C12CCCCCC2. The molecule has 18 heavy (non-hydrogen) atoms. The van der Waals surface area contributed by atoms with Gasteiger partial charge in [-0.2, -0.15) is 0 Å². The van der Waals surface area contributed by atoms with E-state index in [1.165, 1.54) is 44.9 Å². The molecule has 2 saturated carbocycles. The second kappa shape index (κ2) is 6.71. The molecule has 1 spiro atoms. The highest BCUT2D eigenvalue weighted by atomic mass is 79.9. The Kier molecular flexibility index (Phi) is 5.52. The zero-order valence-corrected chi connectivity index (χ0v) is 13.4. The van der Waals surface area contributed by atoms with Crippen LogP contribution < -0.4 is 0 Å². The predicted molar refractivity (Wildman–Crippen MR) is 78.3 cm³/mol. The van der Waals surface area contributed by atoms with Crippen LogP contribution in [0.5, 0.6) is 0 Å². The quantitative estimate of drug-likeness (QED) is 0.555. The molecule has 0 saturated heterocycles. The molecule has 0 aliphatic heterocycles. The molecule has 0 aromatic rings. The van der Waals surface area contributed by atoms with Gasteiger partial charge in [0.15, 0.2) is 0 Å². The van der Waals surface area contributed by atoms with Gasteiger partial charge in [-0.3, -0.25) is 0 Å². The molecule has 0 bridgehead atoms. The molecule has 2 nitrogen and oxygen atoms in total. The second-order valence-electron chi connectivity index (χ2n) is 6.13. The third-order valence-corrected chi connectivity index (χ3v) is 5.86. The maximum Gasteiger partial charge on any atom is 0.0704 e. The van der Waals surface area contributed by atoms with Crippen LogP contribution in [0, 0.1) is 5.41 Å². The van der Waals surface area contributed by atoms with Crippen molar-refractivity contribution in [2.75, 3.05) is 13.2 Å². The van der Waals surface area contributed by atoms with E-state index in [9.17, 15) is 0 Å². The van der Waals surface area contributed by atoms with Crippen LogP contribution >= 0.6 is 15.9 Å². The van der Waals surface area contributed by atoms with Crippen molar-refractivity contribution in [1.82, 2.24) is 0 Å². The molecule has 0 heterocycles. The molecule has 2 atom stereocenters. The van der Waals surface area contributed by atoms with Crippen molar-refractivity contribution in [2.45, 2.75) is 75.8 Å². The molecule has 2 unspecified atom stereocenters. The van der Waals surface area contributed by atoms with Crippen molar-refractivity contribution in [3.63, 3.8) is 0 Å². The van der Waals surface area contributed by atoms with Crippen LogP contribution in [0.3, 0.4) is 0 Å². The zero-order valence-electron chi connectivity index (χ0n) is 11.8. The first-order valence-corrected chi connectivity index (χ1v) is 8.44. The minimum Gasteiger partial charge on any atom is -0.376 e. The number of rotatable bonds is 5. The van der Waals surface area contributed by atoms with E-state index in [0.717, 1.165) is 13.2 Å². The molecule has 0 N–H and O–H groups in total. The van der Waals surface area contributed by atoms with E-state index in [1.54, 1.807) is 0 Å². The largest absolute Gasteiger partial charge is 0.376 e. The average molecular weight is 319 g/mol. The molecule has 0 radical (unpaired) electrons. The first kappa shape index (κ1) is 14.8. The van der Waals surface area contributed by atoms with Gasteiger partial charge < -0.3 is 9.47 Å². The van der Waals surface area contributed by atoms with Gasteiger partial charge in [0.2, 0.25) is 0 Å². The lowest BCUT2D eigenvalue weighted by atomic mass is 9.61. The molecule has 2 aliphatic rings. The Morgan fingerprint density at radius 3 is 2.33 bits per heavy atom. The molecule has 0 amide bonds. The number of hydrogen-bond acceptors (Lipinski definition) is 2. The van der Waals surface area contributed by atoms with Crippen LogP contribution in [0.4, 0.5) is 0 Å². The molecule has 2 rings (SSSR count). The van der Waals surface area contributed by atoms with E-state index in [0.29, 0.717) is 22.5 Å². The van der Waals surface area contributed by atoms with Crippen LogP contribution in [0.25, 0.3) is 0 Å². The van der Waals surface area contributed by atoms with E-state index in [1.807, 2.05) is 0 Å². The van der Waals surface area contributed by atoms with Crippen molar-refractivity contribution >= 4 is 15.9 Å². The molecule has 0 aromatic carbocycles. The first-order chi connectivity index (χ1) is 8.65. The molecule has 0 aromatic heterocycles. The Balaban J connectivity index is 1.78. The van der Waals surface area contributed by atoms with Crippen LogP contribution in [-0.4, -0.2) is 30.2 Å². The highest BCUT2D eigenvalue weighted by molar-refractivity contribution is 9.09. The summed E-state index contributed by atoms with van der Waals surface area (Å²) in [4.78, 5) is 0.680. The smallest absolute Gasteiger partial charge is 0.0704 e. The Bertz CT molecular complexity index is 247. The Morgan fingerprint density at radius 2 is 1.78 bits per heavy atom. The van der Waals surface area contributed by atoms with Gasteiger partial charge in [-0.05, 0) is 33.1 Å². The van der Waals surface area contributed by atoms with E-state index < -0.39 is 0 Å². The normalized spacial score (nSPS) is 31.3. The Morgan fingerprint density at radius 1 is 1.11 bits per heavy atom.